The van der Waals surface area contributed by atoms with Gasteiger partial charge in [0.15, 0.2) is 5.96 Å². The lowest BCUT2D eigenvalue weighted by molar-refractivity contribution is 0.614. The van der Waals surface area contributed by atoms with Gasteiger partial charge in [-0.15, -0.1) is 24.0 Å². The van der Waals surface area contributed by atoms with Gasteiger partial charge in [0.05, 0.1) is 6.54 Å². The Bertz CT molecular complexity index is 556. The van der Waals surface area contributed by atoms with Gasteiger partial charge in [-0.05, 0) is 37.5 Å². The van der Waals surface area contributed by atoms with Gasteiger partial charge in [-0.25, -0.2) is 4.99 Å². The SMILES string of the molecule is CCNC(=NCc1cccc(N2CC=CC2)c1)NC1CCCC1.I. The van der Waals surface area contributed by atoms with Gasteiger partial charge in [-0.3, -0.25) is 0 Å². The number of hydrogen-bond acceptors (Lipinski definition) is 2. The van der Waals surface area contributed by atoms with Crippen LogP contribution in [0.4, 0.5) is 5.69 Å². The molecule has 1 aromatic rings. The fraction of sp³-hybridized carbons (Fsp3) is 0.526. The highest BCUT2D eigenvalue weighted by atomic mass is 127. The topological polar surface area (TPSA) is 39.7 Å². The van der Waals surface area contributed by atoms with E-state index < -0.39 is 0 Å². The lowest BCUT2D eigenvalue weighted by Crippen LogP contribution is -2.42. The number of aliphatic imine (C=N–C) groups is 1. The molecule has 1 aliphatic carbocycles. The number of anilines is 1. The summed E-state index contributed by atoms with van der Waals surface area (Å²) < 4.78 is 0. The molecular weight excluding hydrogens is 411 g/mol. The fourth-order valence-electron chi connectivity index (χ4n) is 3.29. The van der Waals surface area contributed by atoms with E-state index >= 15 is 0 Å². The second-order valence-electron chi connectivity index (χ2n) is 6.37. The van der Waals surface area contributed by atoms with Crippen molar-refractivity contribution in [2.45, 2.75) is 45.2 Å². The Kier molecular flexibility index (Phi) is 7.88. The van der Waals surface area contributed by atoms with Crippen LogP contribution in [0.15, 0.2) is 41.4 Å². The molecule has 0 bridgehead atoms. The predicted molar refractivity (Wildman–Crippen MR) is 113 cm³/mol. The highest BCUT2D eigenvalue weighted by molar-refractivity contribution is 14.0. The van der Waals surface area contributed by atoms with Crippen molar-refractivity contribution in [1.82, 2.24) is 10.6 Å². The van der Waals surface area contributed by atoms with E-state index in [-0.39, 0.29) is 24.0 Å². The molecule has 1 aromatic carbocycles. The largest absolute Gasteiger partial charge is 0.364 e. The minimum absolute atomic E-state index is 0. The second kappa shape index (κ2) is 9.91. The van der Waals surface area contributed by atoms with Crippen LogP contribution in [0.5, 0.6) is 0 Å². The van der Waals surface area contributed by atoms with Crippen LogP contribution < -0.4 is 15.5 Å². The van der Waals surface area contributed by atoms with E-state index in [1.807, 2.05) is 0 Å². The van der Waals surface area contributed by atoms with Crippen molar-refractivity contribution in [2.24, 2.45) is 4.99 Å². The molecule has 3 rings (SSSR count). The van der Waals surface area contributed by atoms with E-state index in [1.165, 1.54) is 36.9 Å². The fourth-order valence-corrected chi connectivity index (χ4v) is 3.29. The number of halogens is 1. The van der Waals surface area contributed by atoms with Crippen LogP contribution in [0.1, 0.15) is 38.2 Å². The predicted octanol–water partition coefficient (Wildman–Crippen LogP) is 3.68. The normalized spacial score (nSPS) is 17.9. The first-order valence-corrected chi connectivity index (χ1v) is 8.89. The van der Waals surface area contributed by atoms with Crippen molar-refractivity contribution in [3.05, 3.63) is 42.0 Å². The van der Waals surface area contributed by atoms with Crippen LogP contribution in [0, 0.1) is 0 Å². The molecule has 4 nitrogen and oxygen atoms in total. The quantitative estimate of drug-likeness (QED) is 0.318. The molecule has 0 spiro atoms. The van der Waals surface area contributed by atoms with Crippen LogP contribution >= 0.6 is 24.0 Å². The first kappa shape index (κ1) is 19.1. The maximum absolute atomic E-state index is 4.78. The number of benzene rings is 1. The molecule has 1 heterocycles. The zero-order valence-electron chi connectivity index (χ0n) is 14.5. The number of nitrogens with one attached hydrogen (secondary N) is 2. The van der Waals surface area contributed by atoms with Crippen LogP contribution in [0.3, 0.4) is 0 Å². The second-order valence-corrected chi connectivity index (χ2v) is 6.37. The van der Waals surface area contributed by atoms with Crippen molar-refractivity contribution in [1.29, 1.82) is 0 Å². The van der Waals surface area contributed by atoms with Crippen molar-refractivity contribution >= 4 is 35.6 Å². The summed E-state index contributed by atoms with van der Waals surface area (Å²) in [6.07, 6.45) is 9.65. The van der Waals surface area contributed by atoms with E-state index in [0.717, 1.165) is 32.1 Å². The molecule has 132 valence electrons. The van der Waals surface area contributed by atoms with E-state index in [4.69, 9.17) is 4.99 Å². The first-order valence-electron chi connectivity index (χ1n) is 8.89. The lowest BCUT2D eigenvalue weighted by Gasteiger charge is -2.19. The molecule has 0 unspecified atom stereocenters. The lowest BCUT2D eigenvalue weighted by atomic mass is 10.2. The average Bonchev–Trinajstić information content (AvgIpc) is 3.27. The number of hydrogen-bond donors (Lipinski definition) is 2. The van der Waals surface area contributed by atoms with Crippen LogP contribution in [0.2, 0.25) is 0 Å². The summed E-state index contributed by atoms with van der Waals surface area (Å²) in [6, 6.07) is 9.33. The van der Waals surface area contributed by atoms with E-state index in [2.05, 4.69) is 58.9 Å². The molecule has 0 saturated heterocycles. The highest BCUT2D eigenvalue weighted by Crippen LogP contribution is 2.19. The monoisotopic (exact) mass is 440 g/mol. The van der Waals surface area contributed by atoms with Gasteiger partial charge in [-0.2, -0.15) is 0 Å². The van der Waals surface area contributed by atoms with Gasteiger partial charge < -0.3 is 15.5 Å². The molecular formula is C19H29IN4. The first-order chi connectivity index (χ1) is 11.3. The number of guanidine groups is 1. The van der Waals surface area contributed by atoms with Crippen molar-refractivity contribution in [3.8, 4) is 0 Å². The van der Waals surface area contributed by atoms with Gasteiger partial charge in [0.2, 0.25) is 0 Å². The molecule has 0 atom stereocenters. The summed E-state index contributed by atoms with van der Waals surface area (Å²) in [5.41, 5.74) is 2.55. The standard InChI is InChI=1S/C19H28N4.HI/c1-2-20-19(22-17-9-3-4-10-17)21-15-16-8-7-11-18(14-16)23-12-5-6-13-23;/h5-8,11,14,17H,2-4,9-10,12-13,15H2,1H3,(H2,20,21,22);1H. The van der Waals surface area contributed by atoms with Gasteiger partial charge in [0.1, 0.15) is 0 Å². The third kappa shape index (κ3) is 5.40. The molecule has 5 heteroatoms. The van der Waals surface area contributed by atoms with Crippen molar-refractivity contribution in [2.75, 3.05) is 24.5 Å². The third-order valence-corrected chi connectivity index (χ3v) is 4.55. The Hall–Kier alpha value is -1.24. The van der Waals surface area contributed by atoms with E-state index in [1.54, 1.807) is 0 Å². The summed E-state index contributed by atoms with van der Waals surface area (Å²) in [7, 11) is 0. The van der Waals surface area contributed by atoms with Gasteiger partial charge >= 0.3 is 0 Å². The van der Waals surface area contributed by atoms with Crippen LogP contribution in [-0.2, 0) is 6.54 Å². The Morgan fingerprint density at radius 3 is 2.67 bits per heavy atom. The molecule has 2 aliphatic rings. The Balaban J connectivity index is 0.00000208. The van der Waals surface area contributed by atoms with E-state index in [0.29, 0.717) is 6.04 Å². The minimum atomic E-state index is 0. The summed E-state index contributed by atoms with van der Waals surface area (Å²) in [4.78, 5) is 7.15. The maximum atomic E-state index is 4.78. The molecule has 0 amide bonds. The summed E-state index contributed by atoms with van der Waals surface area (Å²) in [5, 5.41) is 6.94. The van der Waals surface area contributed by atoms with Gasteiger partial charge in [0.25, 0.3) is 0 Å². The van der Waals surface area contributed by atoms with Crippen LogP contribution in [0.25, 0.3) is 0 Å². The summed E-state index contributed by atoms with van der Waals surface area (Å²) >= 11 is 0. The van der Waals surface area contributed by atoms with Crippen molar-refractivity contribution < 1.29 is 0 Å². The molecule has 1 aliphatic heterocycles. The van der Waals surface area contributed by atoms with Crippen molar-refractivity contribution in [3.63, 3.8) is 0 Å². The molecule has 0 radical (unpaired) electrons. The zero-order valence-corrected chi connectivity index (χ0v) is 16.8. The summed E-state index contributed by atoms with van der Waals surface area (Å²) in [6.45, 7) is 5.76. The zero-order chi connectivity index (χ0) is 15.9. The maximum Gasteiger partial charge on any atom is 0.191 e. The van der Waals surface area contributed by atoms with Gasteiger partial charge in [-0.1, -0.05) is 37.1 Å². The number of rotatable bonds is 5. The smallest absolute Gasteiger partial charge is 0.191 e. The molecule has 24 heavy (non-hydrogen) atoms. The summed E-state index contributed by atoms with van der Waals surface area (Å²) in [5.74, 6) is 0.952. The molecule has 0 aromatic heterocycles. The third-order valence-electron chi connectivity index (χ3n) is 4.55. The molecule has 1 saturated carbocycles. The Labute approximate surface area is 162 Å². The number of nitrogens with zero attached hydrogens (tertiary/aromatic N) is 2. The minimum Gasteiger partial charge on any atom is -0.364 e. The highest BCUT2D eigenvalue weighted by Gasteiger charge is 2.15. The van der Waals surface area contributed by atoms with Gasteiger partial charge in [0, 0.05) is 31.4 Å². The Morgan fingerprint density at radius 1 is 1.21 bits per heavy atom. The Morgan fingerprint density at radius 2 is 1.96 bits per heavy atom. The van der Waals surface area contributed by atoms with Crippen LogP contribution in [-0.4, -0.2) is 31.6 Å². The molecule has 1 fully saturated rings. The average molecular weight is 440 g/mol. The van der Waals surface area contributed by atoms with E-state index in [9.17, 15) is 0 Å². The molecule has 2 N–H and O–H groups in total.